The molecule has 0 saturated heterocycles. The average molecular weight is 440 g/mol. The van der Waals surface area contributed by atoms with E-state index in [1.165, 1.54) is 18.7 Å². The second-order valence-corrected chi connectivity index (χ2v) is 8.26. The van der Waals surface area contributed by atoms with Gasteiger partial charge in [-0.3, -0.25) is 9.59 Å². The fourth-order valence-electron chi connectivity index (χ4n) is 3.12. The molecule has 7 nitrogen and oxygen atoms in total. The van der Waals surface area contributed by atoms with Crippen molar-refractivity contribution in [2.45, 2.75) is 44.6 Å². The third-order valence-electron chi connectivity index (χ3n) is 4.73. The molecule has 1 unspecified atom stereocenters. The number of fused-ring (bicyclic) bond motifs is 1. The number of amides is 1. The molecule has 1 amide bonds. The number of benzene rings is 2. The number of rotatable bonds is 8. The second kappa shape index (κ2) is 9.78. The zero-order valence-electron chi connectivity index (χ0n) is 18.0. The number of hydrogen-bond donors (Lipinski definition) is 1. The van der Waals surface area contributed by atoms with Gasteiger partial charge in [0.05, 0.1) is 28.5 Å². The highest BCUT2D eigenvalue weighted by Gasteiger charge is 2.20. The standard InChI is InChI=1S/C23H25N3O4S/c1-5-26-20-11-10-17(22(29)30-6-2)13-19(20)25-23(26)31-15(4)21(28)24-18-9-7-8-16(12-18)14(3)27/h7-13,15H,5-6H2,1-4H3,(H,24,28). The molecule has 1 atom stereocenters. The number of carbonyl (C=O) groups excluding carboxylic acids is 3. The number of carbonyl (C=O) groups is 3. The molecule has 3 rings (SSSR count). The van der Waals surface area contributed by atoms with Crippen molar-refractivity contribution in [2.75, 3.05) is 11.9 Å². The number of ether oxygens (including phenoxy) is 1. The van der Waals surface area contributed by atoms with Crippen LogP contribution in [0.25, 0.3) is 11.0 Å². The lowest BCUT2D eigenvalue weighted by molar-refractivity contribution is -0.115. The molecular formula is C23H25N3O4S. The molecule has 162 valence electrons. The summed E-state index contributed by atoms with van der Waals surface area (Å²) in [7, 11) is 0. The Bertz CT molecular complexity index is 1140. The van der Waals surface area contributed by atoms with Crippen LogP contribution in [0.1, 0.15) is 48.4 Å². The Balaban J connectivity index is 1.79. The zero-order chi connectivity index (χ0) is 22.5. The summed E-state index contributed by atoms with van der Waals surface area (Å²) in [6, 6.07) is 12.1. The molecule has 1 heterocycles. The predicted molar refractivity (Wildman–Crippen MR) is 122 cm³/mol. The molecule has 0 bridgehead atoms. The maximum atomic E-state index is 12.7. The van der Waals surface area contributed by atoms with Gasteiger partial charge >= 0.3 is 5.97 Å². The van der Waals surface area contributed by atoms with Crippen LogP contribution in [-0.2, 0) is 16.1 Å². The molecular weight excluding hydrogens is 414 g/mol. The van der Waals surface area contributed by atoms with Crippen LogP contribution < -0.4 is 5.32 Å². The van der Waals surface area contributed by atoms with Gasteiger partial charge in [-0.25, -0.2) is 9.78 Å². The minimum absolute atomic E-state index is 0.0580. The maximum Gasteiger partial charge on any atom is 0.338 e. The van der Waals surface area contributed by atoms with E-state index in [1.54, 1.807) is 50.2 Å². The number of esters is 1. The lowest BCUT2D eigenvalue weighted by Gasteiger charge is -2.13. The van der Waals surface area contributed by atoms with Gasteiger partial charge in [0.15, 0.2) is 10.9 Å². The third-order valence-corrected chi connectivity index (χ3v) is 5.82. The number of aryl methyl sites for hydroxylation is 1. The van der Waals surface area contributed by atoms with Crippen molar-refractivity contribution in [3.63, 3.8) is 0 Å². The lowest BCUT2D eigenvalue weighted by Crippen LogP contribution is -2.23. The van der Waals surface area contributed by atoms with Gasteiger partial charge in [-0.15, -0.1) is 0 Å². The predicted octanol–water partition coefficient (Wildman–Crippen LogP) is 4.55. The maximum absolute atomic E-state index is 12.7. The van der Waals surface area contributed by atoms with Crippen LogP contribution in [0.2, 0.25) is 0 Å². The Morgan fingerprint density at radius 3 is 2.58 bits per heavy atom. The van der Waals surface area contributed by atoms with Gasteiger partial charge in [-0.2, -0.15) is 0 Å². The normalized spacial score (nSPS) is 11.9. The Kier molecular flexibility index (Phi) is 7.12. The van der Waals surface area contributed by atoms with Crippen LogP contribution in [0.15, 0.2) is 47.6 Å². The zero-order valence-corrected chi connectivity index (χ0v) is 18.8. The summed E-state index contributed by atoms with van der Waals surface area (Å²) < 4.78 is 7.07. The highest BCUT2D eigenvalue weighted by Crippen LogP contribution is 2.28. The van der Waals surface area contributed by atoms with E-state index in [4.69, 9.17) is 4.74 Å². The van der Waals surface area contributed by atoms with Crippen molar-refractivity contribution in [1.29, 1.82) is 0 Å². The first kappa shape index (κ1) is 22.6. The molecule has 3 aromatic rings. The van der Waals surface area contributed by atoms with Crippen LogP contribution in [0.3, 0.4) is 0 Å². The van der Waals surface area contributed by atoms with E-state index < -0.39 is 5.25 Å². The summed E-state index contributed by atoms with van der Waals surface area (Å²) in [4.78, 5) is 40.9. The highest BCUT2D eigenvalue weighted by molar-refractivity contribution is 8.00. The monoisotopic (exact) mass is 439 g/mol. The van der Waals surface area contributed by atoms with E-state index in [1.807, 2.05) is 17.6 Å². The first-order valence-electron chi connectivity index (χ1n) is 10.1. The van der Waals surface area contributed by atoms with Gasteiger partial charge in [0.25, 0.3) is 0 Å². The van der Waals surface area contributed by atoms with Crippen molar-refractivity contribution in [3.05, 3.63) is 53.6 Å². The van der Waals surface area contributed by atoms with Gasteiger partial charge < -0.3 is 14.6 Å². The summed E-state index contributed by atoms with van der Waals surface area (Å²) in [5.74, 6) is -0.629. The largest absolute Gasteiger partial charge is 0.462 e. The number of Topliss-reactive ketones (excluding diaryl/α,β-unsaturated/α-hetero) is 1. The summed E-state index contributed by atoms with van der Waals surface area (Å²) in [6.45, 7) is 8.04. The molecule has 0 aliphatic rings. The summed E-state index contributed by atoms with van der Waals surface area (Å²) >= 11 is 1.34. The highest BCUT2D eigenvalue weighted by atomic mass is 32.2. The number of ketones is 1. The summed E-state index contributed by atoms with van der Waals surface area (Å²) in [5, 5.41) is 3.13. The molecule has 2 aromatic carbocycles. The molecule has 0 radical (unpaired) electrons. The van der Waals surface area contributed by atoms with E-state index in [2.05, 4.69) is 10.3 Å². The molecule has 0 fully saturated rings. The van der Waals surface area contributed by atoms with E-state index in [0.717, 1.165) is 5.52 Å². The number of nitrogens with zero attached hydrogens (tertiary/aromatic N) is 2. The number of thioether (sulfide) groups is 1. The quantitative estimate of drug-likeness (QED) is 0.314. The summed E-state index contributed by atoms with van der Waals surface area (Å²) in [6.07, 6.45) is 0. The fourth-order valence-corrected chi connectivity index (χ4v) is 4.10. The van der Waals surface area contributed by atoms with Gasteiger partial charge in [-0.1, -0.05) is 23.9 Å². The number of aromatic nitrogens is 2. The lowest BCUT2D eigenvalue weighted by atomic mass is 10.1. The van der Waals surface area contributed by atoms with Crippen LogP contribution in [0, 0.1) is 0 Å². The van der Waals surface area contributed by atoms with Crippen molar-refractivity contribution in [1.82, 2.24) is 9.55 Å². The van der Waals surface area contributed by atoms with E-state index in [9.17, 15) is 14.4 Å². The number of imidazole rings is 1. The SMILES string of the molecule is CCOC(=O)c1ccc2c(c1)nc(SC(C)C(=O)Nc1cccc(C(C)=O)c1)n2CC. The molecule has 1 N–H and O–H groups in total. The number of hydrogen-bond acceptors (Lipinski definition) is 6. The van der Waals surface area contributed by atoms with Crippen molar-refractivity contribution in [2.24, 2.45) is 0 Å². The molecule has 0 aliphatic heterocycles. The topological polar surface area (TPSA) is 90.3 Å². The van der Waals surface area contributed by atoms with Crippen LogP contribution >= 0.6 is 11.8 Å². The summed E-state index contributed by atoms with van der Waals surface area (Å²) in [5.41, 5.74) is 3.13. The first-order chi connectivity index (χ1) is 14.8. The Labute approximate surface area is 185 Å². The minimum atomic E-state index is -0.423. The van der Waals surface area contributed by atoms with Crippen LogP contribution in [0.4, 0.5) is 5.69 Å². The van der Waals surface area contributed by atoms with Gasteiger partial charge in [0, 0.05) is 17.8 Å². The molecule has 0 spiro atoms. The first-order valence-corrected chi connectivity index (χ1v) is 11.0. The van der Waals surface area contributed by atoms with E-state index in [-0.39, 0.29) is 17.7 Å². The average Bonchev–Trinajstić information content (AvgIpc) is 3.09. The molecule has 0 aliphatic carbocycles. The number of nitrogens with one attached hydrogen (secondary N) is 1. The third kappa shape index (κ3) is 5.14. The Hall–Kier alpha value is -3.13. The Morgan fingerprint density at radius 2 is 1.90 bits per heavy atom. The van der Waals surface area contributed by atoms with Crippen LogP contribution in [0.5, 0.6) is 0 Å². The van der Waals surface area contributed by atoms with Gasteiger partial charge in [0.2, 0.25) is 5.91 Å². The molecule has 31 heavy (non-hydrogen) atoms. The van der Waals surface area contributed by atoms with Crippen molar-refractivity contribution >= 4 is 46.1 Å². The minimum Gasteiger partial charge on any atom is -0.462 e. The second-order valence-electron chi connectivity index (χ2n) is 6.95. The van der Waals surface area contributed by atoms with E-state index in [0.29, 0.717) is 40.6 Å². The van der Waals surface area contributed by atoms with Gasteiger partial charge in [-0.05, 0) is 58.0 Å². The van der Waals surface area contributed by atoms with Crippen LogP contribution in [-0.4, -0.2) is 39.1 Å². The molecule has 1 aromatic heterocycles. The van der Waals surface area contributed by atoms with Crippen molar-refractivity contribution in [3.8, 4) is 0 Å². The van der Waals surface area contributed by atoms with E-state index >= 15 is 0 Å². The van der Waals surface area contributed by atoms with Gasteiger partial charge in [0.1, 0.15) is 0 Å². The molecule has 0 saturated carbocycles. The smallest absolute Gasteiger partial charge is 0.338 e. The molecule has 8 heteroatoms. The fraction of sp³-hybridized carbons (Fsp3) is 0.304. The Morgan fingerprint density at radius 1 is 1.13 bits per heavy atom. The van der Waals surface area contributed by atoms with Crippen molar-refractivity contribution < 1.29 is 19.1 Å². The number of anilines is 1.